The monoisotopic (exact) mass is 414 g/mol. The molecule has 0 aliphatic rings. The molecule has 0 amide bonds. The van der Waals surface area contributed by atoms with Crippen molar-refractivity contribution in [2.24, 2.45) is 0 Å². The van der Waals surface area contributed by atoms with Crippen LogP contribution in [0.5, 0.6) is 0 Å². The number of nitriles is 3. The van der Waals surface area contributed by atoms with E-state index in [1.165, 1.54) is 20.8 Å². The average molecular weight is 414 g/mol. The molecule has 12 heteroatoms. The fourth-order valence-corrected chi connectivity index (χ4v) is 2.38. The molecule has 0 aliphatic heterocycles. The first-order valence-electron chi connectivity index (χ1n) is 8.26. The lowest BCUT2D eigenvalue weighted by Crippen LogP contribution is -2.57. The zero-order valence-corrected chi connectivity index (χ0v) is 16.5. The van der Waals surface area contributed by atoms with Gasteiger partial charge in [0.2, 0.25) is 0 Å². The van der Waals surface area contributed by atoms with Gasteiger partial charge in [-0.1, -0.05) is 0 Å². The lowest BCUT2D eigenvalue weighted by Gasteiger charge is -2.23. The molecule has 0 radical (unpaired) electrons. The van der Waals surface area contributed by atoms with Gasteiger partial charge in [0.25, 0.3) is 0 Å². The van der Waals surface area contributed by atoms with Crippen molar-refractivity contribution in [3.05, 3.63) is 68.5 Å². The number of allylic oxidation sites excluding steroid dienone is 3. The highest BCUT2D eigenvalue weighted by Gasteiger charge is 2.27. The van der Waals surface area contributed by atoms with Crippen LogP contribution in [0.2, 0.25) is 0 Å². The molecule has 1 aromatic heterocycles. The standard InChI is InChI=1S/C18H18N6O6/c1-10(7-19)28-13(4)22-16(25)23(14(5)29-11(2)8-20)18(27)24(17(22)26)15(6)30-12(3)9-21/h13-15H,1-3H2,4-6H3. The molecule has 30 heavy (non-hydrogen) atoms. The minimum Gasteiger partial charge on any atom is -0.460 e. The summed E-state index contributed by atoms with van der Waals surface area (Å²) in [5.74, 6) is -1.16. The Labute approximate surface area is 170 Å². The third-order valence-electron chi connectivity index (χ3n) is 3.64. The SMILES string of the molecule is C=C(C#N)OC(C)n1c(=O)n(C(C)OC(=C)C#N)c(=O)n(C(C)OC(=C)C#N)c1=O. The van der Waals surface area contributed by atoms with Crippen LogP contribution in [0.25, 0.3) is 0 Å². The topological polar surface area (TPSA) is 165 Å². The van der Waals surface area contributed by atoms with Gasteiger partial charge in [0.1, 0.15) is 18.2 Å². The Hall–Kier alpha value is -4.50. The Bertz CT molecular complexity index is 1000. The molecule has 0 aromatic carbocycles. The summed E-state index contributed by atoms with van der Waals surface area (Å²) < 4.78 is 16.9. The van der Waals surface area contributed by atoms with E-state index >= 15 is 0 Å². The predicted molar refractivity (Wildman–Crippen MR) is 101 cm³/mol. The van der Waals surface area contributed by atoms with Crippen LogP contribution in [0.4, 0.5) is 0 Å². The average Bonchev–Trinajstić information content (AvgIpc) is 2.67. The molecule has 3 atom stereocenters. The maximum Gasteiger partial charge on any atom is 0.342 e. The van der Waals surface area contributed by atoms with Crippen molar-refractivity contribution in [3.63, 3.8) is 0 Å². The highest BCUT2D eigenvalue weighted by Crippen LogP contribution is 2.12. The van der Waals surface area contributed by atoms with Crippen molar-refractivity contribution in [3.8, 4) is 18.2 Å². The van der Waals surface area contributed by atoms with Crippen LogP contribution < -0.4 is 17.1 Å². The van der Waals surface area contributed by atoms with E-state index in [1.807, 2.05) is 0 Å². The van der Waals surface area contributed by atoms with Crippen LogP contribution in [-0.4, -0.2) is 13.7 Å². The third-order valence-corrected chi connectivity index (χ3v) is 3.64. The van der Waals surface area contributed by atoms with Gasteiger partial charge in [-0.25, -0.2) is 28.1 Å². The zero-order chi connectivity index (χ0) is 23.2. The van der Waals surface area contributed by atoms with E-state index in [9.17, 15) is 14.4 Å². The summed E-state index contributed by atoms with van der Waals surface area (Å²) in [6.45, 7) is 13.7. The quantitative estimate of drug-likeness (QED) is 0.421. The summed E-state index contributed by atoms with van der Waals surface area (Å²) in [5, 5.41) is 26.5. The first-order chi connectivity index (χ1) is 14.0. The second-order valence-corrected chi connectivity index (χ2v) is 5.71. The molecular formula is C18H18N6O6. The Kier molecular flexibility index (Phi) is 7.55. The van der Waals surface area contributed by atoms with E-state index < -0.39 is 35.8 Å². The lowest BCUT2D eigenvalue weighted by molar-refractivity contribution is 0.0282. The molecule has 0 spiro atoms. The maximum atomic E-state index is 12.9. The van der Waals surface area contributed by atoms with E-state index in [0.29, 0.717) is 13.7 Å². The van der Waals surface area contributed by atoms with Gasteiger partial charge >= 0.3 is 17.1 Å². The smallest absolute Gasteiger partial charge is 0.342 e. The number of hydrogen-bond donors (Lipinski definition) is 0. The van der Waals surface area contributed by atoms with Crippen LogP contribution in [0.3, 0.4) is 0 Å². The lowest BCUT2D eigenvalue weighted by atomic mass is 10.5. The number of aromatic nitrogens is 3. The van der Waals surface area contributed by atoms with E-state index in [-0.39, 0.29) is 17.3 Å². The highest BCUT2D eigenvalue weighted by atomic mass is 16.5. The minimum absolute atomic E-state index is 0.387. The van der Waals surface area contributed by atoms with E-state index in [4.69, 9.17) is 30.0 Å². The Morgan fingerprint density at radius 1 is 0.667 bits per heavy atom. The van der Waals surface area contributed by atoms with Crippen molar-refractivity contribution in [2.75, 3.05) is 0 Å². The molecular weight excluding hydrogens is 396 g/mol. The molecule has 0 fully saturated rings. The van der Waals surface area contributed by atoms with Gasteiger partial charge in [0.15, 0.2) is 36.0 Å². The molecule has 0 aliphatic carbocycles. The molecule has 1 aromatic rings. The number of ether oxygens (including phenoxy) is 3. The van der Waals surface area contributed by atoms with Gasteiger partial charge in [-0.2, -0.15) is 15.8 Å². The summed E-state index contributed by atoms with van der Waals surface area (Å²) >= 11 is 0. The number of nitrogens with zero attached hydrogens (tertiary/aromatic N) is 6. The van der Waals surface area contributed by atoms with Crippen molar-refractivity contribution in [2.45, 2.75) is 39.5 Å². The molecule has 12 nitrogen and oxygen atoms in total. The third kappa shape index (κ3) is 4.86. The molecule has 1 heterocycles. The fraction of sp³-hybridized carbons (Fsp3) is 0.333. The summed E-state index contributed by atoms with van der Waals surface area (Å²) in [4.78, 5) is 38.7. The second kappa shape index (κ2) is 9.62. The van der Waals surface area contributed by atoms with E-state index in [2.05, 4.69) is 19.7 Å². The van der Waals surface area contributed by atoms with E-state index in [0.717, 1.165) is 0 Å². The van der Waals surface area contributed by atoms with Gasteiger partial charge in [0.05, 0.1) is 0 Å². The summed E-state index contributed by atoms with van der Waals surface area (Å²) in [6.07, 6.45) is -4.06. The largest absolute Gasteiger partial charge is 0.460 e. The van der Waals surface area contributed by atoms with Crippen LogP contribution in [0, 0.1) is 34.0 Å². The Balaban J connectivity index is 3.84. The summed E-state index contributed by atoms with van der Waals surface area (Å²) in [5.41, 5.74) is -3.45. The summed E-state index contributed by atoms with van der Waals surface area (Å²) in [7, 11) is 0. The zero-order valence-electron chi connectivity index (χ0n) is 16.5. The molecule has 0 saturated heterocycles. The maximum absolute atomic E-state index is 12.9. The van der Waals surface area contributed by atoms with Gasteiger partial charge in [-0.3, -0.25) is 0 Å². The molecule has 1 rings (SSSR count). The molecule has 0 saturated carbocycles. The second-order valence-electron chi connectivity index (χ2n) is 5.71. The molecule has 3 unspecified atom stereocenters. The Morgan fingerprint density at radius 2 is 0.867 bits per heavy atom. The van der Waals surface area contributed by atoms with E-state index in [1.54, 1.807) is 18.2 Å². The first-order valence-corrected chi connectivity index (χ1v) is 8.26. The fourth-order valence-electron chi connectivity index (χ4n) is 2.38. The van der Waals surface area contributed by atoms with Crippen molar-refractivity contribution < 1.29 is 14.2 Å². The van der Waals surface area contributed by atoms with Crippen molar-refractivity contribution in [1.29, 1.82) is 15.8 Å². The van der Waals surface area contributed by atoms with Crippen molar-refractivity contribution >= 4 is 0 Å². The predicted octanol–water partition coefficient (Wildman–Crippen LogP) is 0.889. The normalized spacial score (nSPS) is 12.8. The van der Waals surface area contributed by atoms with Crippen LogP contribution in [-0.2, 0) is 14.2 Å². The van der Waals surface area contributed by atoms with Gasteiger partial charge in [0, 0.05) is 0 Å². The van der Waals surface area contributed by atoms with Crippen LogP contribution in [0.15, 0.2) is 51.4 Å². The van der Waals surface area contributed by atoms with Gasteiger partial charge < -0.3 is 14.2 Å². The molecule has 0 bridgehead atoms. The molecule has 156 valence electrons. The van der Waals surface area contributed by atoms with Crippen molar-refractivity contribution in [1.82, 2.24) is 13.7 Å². The number of hydrogen-bond acceptors (Lipinski definition) is 9. The van der Waals surface area contributed by atoms with Crippen LogP contribution >= 0.6 is 0 Å². The van der Waals surface area contributed by atoms with Gasteiger partial charge in [-0.05, 0) is 40.5 Å². The molecule has 0 N–H and O–H groups in total. The van der Waals surface area contributed by atoms with Gasteiger partial charge in [-0.15, -0.1) is 0 Å². The number of rotatable bonds is 9. The summed E-state index contributed by atoms with van der Waals surface area (Å²) in [6, 6.07) is 4.81. The minimum atomic E-state index is -1.35. The highest BCUT2D eigenvalue weighted by molar-refractivity contribution is 5.08. The van der Waals surface area contributed by atoms with Crippen LogP contribution in [0.1, 0.15) is 39.5 Å². The first kappa shape index (κ1) is 23.5. The Morgan fingerprint density at radius 3 is 1.03 bits per heavy atom.